The molecule has 0 unspecified atom stereocenters. The number of methoxy groups -OCH3 is 1. The van der Waals surface area contributed by atoms with Gasteiger partial charge in [-0.15, -0.1) is 5.10 Å². The zero-order valence-electron chi connectivity index (χ0n) is 21.1. The minimum atomic E-state index is -3.89. The molecule has 1 N–H and O–H groups in total. The van der Waals surface area contributed by atoms with E-state index < -0.39 is 10.2 Å². The Hall–Kier alpha value is -4.09. The lowest BCUT2D eigenvalue weighted by Crippen LogP contribution is -2.41. The van der Waals surface area contributed by atoms with Crippen molar-refractivity contribution in [1.82, 2.24) is 19.1 Å². The normalized spacial score (nSPS) is 13.7. The molecule has 2 aromatic heterocycles. The van der Waals surface area contributed by atoms with E-state index in [-0.39, 0.29) is 30.3 Å². The highest BCUT2D eigenvalue weighted by atomic mass is 32.2. The van der Waals surface area contributed by atoms with Gasteiger partial charge in [0, 0.05) is 37.5 Å². The molecule has 0 spiro atoms. The summed E-state index contributed by atoms with van der Waals surface area (Å²) in [6.07, 6.45) is 1.77. The summed E-state index contributed by atoms with van der Waals surface area (Å²) >= 11 is 0. The Kier molecular flexibility index (Phi) is 6.72. The summed E-state index contributed by atoms with van der Waals surface area (Å²) in [5, 5.41) is 7.49. The molecule has 5 rings (SSSR count). The average Bonchev–Trinajstić information content (AvgIpc) is 2.90. The lowest BCUT2D eigenvalue weighted by atomic mass is 9.97. The summed E-state index contributed by atoms with van der Waals surface area (Å²) in [6.45, 7) is 3.88. The van der Waals surface area contributed by atoms with Gasteiger partial charge in [-0.2, -0.15) is 17.8 Å². The first-order valence-electron chi connectivity index (χ1n) is 11.9. The van der Waals surface area contributed by atoms with Gasteiger partial charge in [-0.3, -0.25) is 14.1 Å². The summed E-state index contributed by atoms with van der Waals surface area (Å²) in [6, 6.07) is 14.8. The number of fused-ring (bicyclic) bond motifs is 1. The Bertz CT molecular complexity index is 1690. The number of pyridine rings is 1. The molecule has 0 bridgehead atoms. The van der Waals surface area contributed by atoms with E-state index in [1.165, 1.54) is 35.8 Å². The number of halogens is 1. The van der Waals surface area contributed by atoms with Crippen molar-refractivity contribution in [3.8, 4) is 22.6 Å². The second-order valence-corrected chi connectivity index (χ2v) is 10.8. The van der Waals surface area contributed by atoms with Crippen molar-refractivity contribution < 1.29 is 17.5 Å². The van der Waals surface area contributed by atoms with E-state index in [2.05, 4.69) is 14.9 Å². The fraction of sp³-hybridized carbons (Fsp3) is 0.222. The van der Waals surface area contributed by atoms with Gasteiger partial charge in [0.05, 0.1) is 12.8 Å². The van der Waals surface area contributed by atoms with Crippen molar-refractivity contribution in [2.24, 2.45) is 0 Å². The first-order valence-corrected chi connectivity index (χ1v) is 13.4. The number of aromatic nitrogens is 3. The molecular formula is C27H26FN5O4S. The number of benzene rings is 2. The fourth-order valence-corrected chi connectivity index (χ4v) is 5.83. The van der Waals surface area contributed by atoms with E-state index in [1.54, 1.807) is 35.8 Å². The molecule has 0 radical (unpaired) electrons. The van der Waals surface area contributed by atoms with E-state index in [4.69, 9.17) is 4.74 Å². The van der Waals surface area contributed by atoms with Crippen LogP contribution < -0.4 is 15.0 Å². The van der Waals surface area contributed by atoms with Crippen LogP contribution in [0.1, 0.15) is 22.4 Å². The van der Waals surface area contributed by atoms with Crippen LogP contribution in [0.5, 0.6) is 5.75 Å². The molecule has 0 amide bonds. The Morgan fingerprint density at radius 3 is 2.58 bits per heavy atom. The largest absolute Gasteiger partial charge is 0.495 e. The number of ether oxygens (including phenoxy) is 1. The molecule has 0 aliphatic carbocycles. The van der Waals surface area contributed by atoms with Crippen LogP contribution in [-0.2, 0) is 23.2 Å². The molecule has 0 saturated carbocycles. The summed E-state index contributed by atoms with van der Waals surface area (Å²) < 4.78 is 50.8. The van der Waals surface area contributed by atoms with Crippen molar-refractivity contribution in [3.05, 3.63) is 99.3 Å². The smallest absolute Gasteiger partial charge is 0.303 e. The highest BCUT2D eigenvalue weighted by molar-refractivity contribution is 7.90. The monoisotopic (exact) mass is 535 g/mol. The molecule has 0 saturated heterocycles. The quantitative estimate of drug-likeness (QED) is 0.403. The van der Waals surface area contributed by atoms with Gasteiger partial charge in [-0.1, -0.05) is 12.1 Å². The Balaban J connectivity index is 1.53. The van der Waals surface area contributed by atoms with Crippen molar-refractivity contribution >= 4 is 16.0 Å². The first kappa shape index (κ1) is 25.6. The van der Waals surface area contributed by atoms with E-state index in [0.29, 0.717) is 34.7 Å². The summed E-state index contributed by atoms with van der Waals surface area (Å²) in [4.78, 5) is 13.1. The minimum Gasteiger partial charge on any atom is -0.495 e. The van der Waals surface area contributed by atoms with Gasteiger partial charge in [0.2, 0.25) is 0 Å². The molecule has 3 heterocycles. The van der Waals surface area contributed by atoms with Gasteiger partial charge < -0.3 is 4.74 Å². The van der Waals surface area contributed by atoms with Crippen molar-refractivity contribution in [2.45, 2.75) is 26.8 Å². The summed E-state index contributed by atoms with van der Waals surface area (Å²) in [7, 11) is -2.36. The van der Waals surface area contributed by atoms with Crippen molar-refractivity contribution in [2.75, 3.05) is 18.4 Å². The van der Waals surface area contributed by atoms with E-state index in [1.807, 2.05) is 19.1 Å². The molecule has 0 fully saturated rings. The number of anilines is 1. The third-order valence-electron chi connectivity index (χ3n) is 6.61. The molecule has 38 heavy (non-hydrogen) atoms. The number of nitrogens with zero attached hydrogens (tertiary/aromatic N) is 4. The summed E-state index contributed by atoms with van der Waals surface area (Å²) in [5.41, 5.74) is 4.84. The second kappa shape index (κ2) is 9.99. The molecular weight excluding hydrogens is 509 g/mol. The number of nitrogens with one attached hydrogen (secondary N) is 1. The third-order valence-corrected chi connectivity index (χ3v) is 8.07. The van der Waals surface area contributed by atoms with Crippen LogP contribution in [0.15, 0.2) is 65.6 Å². The molecule has 1 aliphatic rings. The highest BCUT2D eigenvalue weighted by Gasteiger charge is 2.29. The lowest BCUT2D eigenvalue weighted by molar-refractivity contribution is 0.385. The van der Waals surface area contributed by atoms with Crippen LogP contribution in [0.4, 0.5) is 10.2 Å². The zero-order chi connectivity index (χ0) is 27.0. The predicted octanol–water partition coefficient (Wildman–Crippen LogP) is 3.77. The molecule has 4 aromatic rings. The Labute approximate surface area is 219 Å². The van der Waals surface area contributed by atoms with Crippen molar-refractivity contribution in [3.63, 3.8) is 0 Å². The zero-order valence-corrected chi connectivity index (χ0v) is 21.9. The molecule has 1 aliphatic heterocycles. The molecule has 0 atom stereocenters. The van der Waals surface area contributed by atoms with E-state index in [9.17, 15) is 17.6 Å². The number of aryl methyl sites for hydroxylation is 2. The second-order valence-electron chi connectivity index (χ2n) is 9.08. The van der Waals surface area contributed by atoms with Crippen LogP contribution in [0.3, 0.4) is 0 Å². The number of hydrogen-bond donors (Lipinski definition) is 1. The van der Waals surface area contributed by atoms with Gasteiger partial charge in [0.15, 0.2) is 5.82 Å². The van der Waals surface area contributed by atoms with Gasteiger partial charge in [0.25, 0.3) is 5.56 Å². The average molecular weight is 536 g/mol. The highest BCUT2D eigenvalue weighted by Crippen LogP contribution is 2.35. The number of hydrogen-bond acceptors (Lipinski definition) is 6. The lowest BCUT2D eigenvalue weighted by Gasteiger charge is -2.30. The third kappa shape index (κ3) is 4.77. The van der Waals surface area contributed by atoms with Crippen molar-refractivity contribution in [1.29, 1.82) is 0 Å². The maximum absolute atomic E-state index is 13.8. The SMILES string of the molecule is COc1cc(-c2ccc(F)c(C)c2)c(C)cc1-n1c2c(ccc1=O)CN(S(=O)(=O)Nc1cccnn1)CC2. The van der Waals surface area contributed by atoms with Crippen LogP contribution in [0.2, 0.25) is 0 Å². The topological polar surface area (TPSA) is 106 Å². The Morgan fingerprint density at radius 1 is 1.05 bits per heavy atom. The van der Waals surface area contributed by atoms with E-state index in [0.717, 1.165) is 16.7 Å². The number of rotatable bonds is 6. The van der Waals surface area contributed by atoms with Crippen LogP contribution in [-0.4, -0.2) is 41.1 Å². The summed E-state index contributed by atoms with van der Waals surface area (Å²) in [5.74, 6) is 0.322. The predicted molar refractivity (Wildman–Crippen MR) is 142 cm³/mol. The maximum atomic E-state index is 13.8. The molecule has 11 heteroatoms. The Morgan fingerprint density at radius 2 is 1.87 bits per heavy atom. The first-order chi connectivity index (χ1) is 18.2. The van der Waals surface area contributed by atoms with Gasteiger partial charge in [-0.05, 0) is 78.1 Å². The van der Waals surface area contributed by atoms with Crippen LogP contribution in [0, 0.1) is 19.7 Å². The van der Waals surface area contributed by atoms with Crippen LogP contribution in [0.25, 0.3) is 16.8 Å². The van der Waals surface area contributed by atoms with Crippen LogP contribution >= 0.6 is 0 Å². The van der Waals surface area contributed by atoms with Gasteiger partial charge in [0.1, 0.15) is 11.6 Å². The standard InChI is InChI=1S/C27H26FN5O4S/c1-17-14-24(25(37-3)15-21(17)19-6-8-22(28)18(2)13-19)33-23-10-12-32(16-20(23)7-9-27(33)34)38(35,36)31-26-5-4-11-29-30-26/h4-9,11,13-15H,10,12,16H2,1-3H3,(H,30,31). The minimum absolute atomic E-state index is 0.0828. The van der Waals surface area contributed by atoms with E-state index >= 15 is 0 Å². The van der Waals surface area contributed by atoms with Gasteiger partial charge in [-0.25, -0.2) is 4.39 Å². The fourth-order valence-electron chi connectivity index (χ4n) is 4.69. The molecule has 196 valence electrons. The maximum Gasteiger partial charge on any atom is 0.303 e. The molecule has 2 aromatic carbocycles. The van der Waals surface area contributed by atoms with Gasteiger partial charge >= 0.3 is 10.2 Å². The molecule has 9 nitrogen and oxygen atoms in total.